The fourth-order valence-electron chi connectivity index (χ4n) is 1.36. The third kappa shape index (κ3) is 1.15. The van der Waals surface area contributed by atoms with Crippen LogP contribution in [0.15, 0.2) is 41.4 Å². The van der Waals surface area contributed by atoms with Gasteiger partial charge in [-0.3, -0.25) is 0 Å². The molecule has 0 aromatic carbocycles. The first-order valence-corrected chi connectivity index (χ1v) is 3.85. The van der Waals surface area contributed by atoms with Gasteiger partial charge in [0.1, 0.15) is 11.9 Å². The topological polar surface area (TPSA) is 9.23 Å². The van der Waals surface area contributed by atoms with E-state index in [0.29, 0.717) is 6.10 Å². The summed E-state index contributed by atoms with van der Waals surface area (Å²) in [6.45, 7) is 2.08. The average molecular weight is 146 g/mol. The van der Waals surface area contributed by atoms with Gasteiger partial charge >= 0.3 is 0 Å². The van der Waals surface area contributed by atoms with E-state index in [4.69, 9.17) is 4.74 Å². The van der Waals surface area contributed by atoms with Crippen molar-refractivity contribution in [3.05, 3.63) is 41.4 Å². The average Bonchev–Trinajstić information content (AvgIpc) is 2.17. The Morgan fingerprint density at radius 2 is 2.55 bits per heavy atom. The third-order valence-electron chi connectivity index (χ3n) is 1.85. The minimum absolute atomic E-state index is 0.334. The molecule has 0 fully saturated rings. The Labute approximate surface area is 66.4 Å². The molecule has 0 amide bonds. The Balaban J connectivity index is 2.36. The van der Waals surface area contributed by atoms with Crippen LogP contribution in [0.5, 0.6) is 0 Å². The number of rotatable bonds is 0. The highest BCUT2D eigenvalue weighted by Gasteiger charge is 2.18. The van der Waals surface area contributed by atoms with Gasteiger partial charge in [0.2, 0.25) is 0 Å². The lowest BCUT2D eigenvalue weighted by molar-refractivity contribution is 0.169. The second-order valence-corrected chi connectivity index (χ2v) is 2.86. The van der Waals surface area contributed by atoms with Crippen LogP contribution in [-0.4, -0.2) is 6.10 Å². The molecule has 0 radical (unpaired) electrons. The van der Waals surface area contributed by atoms with Gasteiger partial charge in [-0.2, -0.15) is 0 Å². The van der Waals surface area contributed by atoms with Gasteiger partial charge in [0.15, 0.2) is 0 Å². The predicted octanol–water partition coefficient (Wildman–Crippen LogP) is 2.33. The van der Waals surface area contributed by atoms with Crippen LogP contribution in [0.1, 0.15) is 13.3 Å². The van der Waals surface area contributed by atoms with E-state index in [1.807, 2.05) is 24.3 Å². The van der Waals surface area contributed by atoms with Gasteiger partial charge in [0.05, 0.1) is 0 Å². The van der Waals surface area contributed by atoms with Gasteiger partial charge < -0.3 is 4.74 Å². The number of hydrogen-bond donors (Lipinski definition) is 0. The highest BCUT2D eigenvalue weighted by atomic mass is 16.5. The van der Waals surface area contributed by atoms with Crippen LogP contribution >= 0.6 is 0 Å². The lowest BCUT2D eigenvalue weighted by atomic mass is 10.1. The highest BCUT2D eigenvalue weighted by molar-refractivity contribution is 5.36. The minimum atomic E-state index is 0.334. The first-order chi connectivity index (χ1) is 5.36. The summed E-state index contributed by atoms with van der Waals surface area (Å²) in [5, 5.41) is 0. The van der Waals surface area contributed by atoms with Crippen LogP contribution in [0.2, 0.25) is 0 Å². The van der Waals surface area contributed by atoms with Crippen LogP contribution in [0.25, 0.3) is 0 Å². The molecule has 2 rings (SSSR count). The molecule has 2 aliphatic rings. The standard InChI is InChI=1S/C10H10O/c1-8-7-9-5-3-2-4-6-10(9)11-8/h2,4-6,8H,7H2,1H3/t8-/m1/s1. The number of hydrogen-bond acceptors (Lipinski definition) is 1. The van der Waals surface area contributed by atoms with Crippen LogP contribution in [-0.2, 0) is 4.74 Å². The first kappa shape index (κ1) is 6.51. The highest BCUT2D eigenvalue weighted by Crippen LogP contribution is 2.27. The molecule has 56 valence electrons. The summed E-state index contributed by atoms with van der Waals surface area (Å²) in [6.07, 6.45) is 9.19. The van der Waals surface area contributed by atoms with Crippen molar-refractivity contribution in [1.29, 1.82) is 0 Å². The van der Waals surface area contributed by atoms with E-state index in [2.05, 4.69) is 12.7 Å². The third-order valence-corrected chi connectivity index (χ3v) is 1.85. The minimum Gasteiger partial charge on any atom is -0.490 e. The Morgan fingerprint density at radius 3 is 3.45 bits per heavy atom. The van der Waals surface area contributed by atoms with E-state index >= 15 is 0 Å². The Morgan fingerprint density at radius 1 is 1.64 bits per heavy atom. The monoisotopic (exact) mass is 146 g/mol. The van der Waals surface area contributed by atoms with Crippen molar-refractivity contribution in [2.75, 3.05) is 0 Å². The largest absolute Gasteiger partial charge is 0.490 e. The summed E-state index contributed by atoms with van der Waals surface area (Å²) in [5.41, 5.74) is 4.33. The van der Waals surface area contributed by atoms with Crippen molar-refractivity contribution in [2.24, 2.45) is 0 Å². The summed E-state index contributed by atoms with van der Waals surface area (Å²) >= 11 is 0. The van der Waals surface area contributed by atoms with Gasteiger partial charge in [0, 0.05) is 12.0 Å². The van der Waals surface area contributed by atoms with Crippen LogP contribution in [0.3, 0.4) is 0 Å². The Bertz CT molecular complexity index is 288. The van der Waals surface area contributed by atoms with E-state index in [1.165, 1.54) is 5.57 Å². The lowest BCUT2D eigenvalue weighted by Crippen LogP contribution is -1.97. The molecule has 1 aliphatic heterocycles. The van der Waals surface area contributed by atoms with Crippen molar-refractivity contribution < 1.29 is 4.74 Å². The lowest BCUT2D eigenvalue weighted by Gasteiger charge is -2.02. The maximum Gasteiger partial charge on any atom is 0.123 e. The molecule has 0 N–H and O–H groups in total. The molecule has 0 unspecified atom stereocenters. The van der Waals surface area contributed by atoms with Crippen LogP contribution in [0.4, 0.5) is 0 Å². The van der Waals surface area contributed by atoms with E-state index in [1.54, 1.807) is 0 Å². The van der Waals surface area contributed by atoms with Crippen molar-refractivity contribution in [3.8, 4) is 0 Å². The van der Waals surface area contributed by atoms with E-state index in [-0.39, 0.29) is 0 Å². The zero-order valence-corrected chi connectivity index (χ0v) is 6.50. The zero-order valence-electron chi connectivity index (χ0n) is 6.50. The fourth-order valence-corrected chi connectivity index (χ4v) is 1.36. The maximum absolute atomic E-state index is 5.55. The normalized spacial score (nSPS) is 26.8. The van der Waals surface area contributed by atoms with E-state index in [9.17, 15) is 0 Å². The van der Waals surface area contributed by atoms with Crippen LogP contribution in [0, 0.1) is 0 Å². The molecule has 0 spiro atoms. The second kappa shape index (κ2) is 2.44. The van der Waals surface area contributed by atoms with Gasteiger partial charge in [-0.15, -0.1) is 5.73 Å². The zero-order chi connectivity index (χ0) is 7.68. The Hall–Kier alpha value is -1.20. The SMILES string of the molecule is C[C@@H]1CC2=C(C=CC=C=C2)O1. The molecule has 0 aromatic heterocycles. The molecule has 1 atom stereocenters. The molecule has 0 bridgehead atoms. The number of allylic oxidation sites excluding steroid dienone is 3. The molecule has 0 saturated heterocycles. The summed E-state index contributed by atoms with van der Waals surface area (Å²) in [4.78, 5) is 0. The molecular weight excluding hydrogens is 136 g/mol. The fraction of sp³-hybridized carbons (Fsp3) is 0.300. The van der Waals surface area contributed by atoms with Crippen LogP contribution < -0.4 is 0 Å². The molecular formula is C10H10O. The second-order valence-electron chi connectivity index (χ2n) is 2.86. The first-order valence-electron chi connectivity index (χ1n) is 3.85. The molecule has 1 nitrogen and oxygen atoms in total. The van der Waals surface area contributed by atoms with Crippen molar-refractivity contribution in [1.82, 2.24) is 0 Å². The van der Waals surface area contributed by atoms with Crippen molar-refractivity contribution in [3.63, 3.8) is 0 Å². The summed E-state index contributed by atoms with van der Waals surface area (Å²) < 4.78 is 5.55. The van der Waals surface area contributed by atoms with E-state index in [0.717, 1.165) is 12.2 Å². The maximum atomic E-state index is 5.55. The van der Waals surface area contributed by atoms with Gasteiger partial charge in [-0.1, -0.05) is 6.08 Å². The van der Waals surface area contributed by atoms with Gasteiger partial charge in [-0.25, -0.2) is 0 Å². The molecule has 0 aromatic rings. The Kier molecular flexibility index (Phi) is 1.45. The smallest absolute Gasteiger partial charge is 0.123 e. The van der Waals surface area contributed by atoms with Gasteiger partial charge in [0.25, 0.3) is 0 Å². The summed E-state index contributed by atoms with van der Waals surface area (Å²) in [6, 6.07) is 0. The molecule has 1 heterocycles. The number of ether oxygens (including phenoxy) is 1. The molecule has 1 aliphatic carbocycles. The van der Waals surface area contributed by atoms with Gasteiger partial charge in [-0.05, 0) is 25.2 Å². The molecule has 1 heteroatoms. The molecule has 0 saturated carbocycles. The molecule has 11 heavy (non-hydrogen) atoms. The van der Waals surface area contributed by atoms with E-state index < -0.39 is 0 Å². The van der Waals surface area contributed by atoms with Crippen molar-refractivity contribution in [2.45, 2.75) is 19.4 Å². The van der Waals surface area contributed by atoms with Crippen molar-refractivity contribution >= 4 is 0 Å². The summed E-state index contributed by atoms with van der Waals surface area (Å²) in [5.74, 6) is 1.01. The quantitative estimate of drug-likeness (QED) is 0.476. The summed E-state index contributed by atoms with van der Waals surface area (Å²) in [7, 11) is 0. The predicted molar refractivity (Wildman–Crippen MR) is 44.0 cm³/mol.